The van der Waals surface area contributed by atoms with Gasteiger partial charge in [0.1, 0.15) is 11.9 Å². The van der Waals surface area contributed by atoms with Crippen molar-refractivity contribution in [1.82, 2.24) is 10.6 Å². The van der Waals surface area contributed by atoms with Gasteiger partial charge in [-0.15, -0.1) is 0 Å². The van der Waals surface area contributed by atoms with Gasteiger partial charge in [-0.25, -0.2) is 4.79 Å². The maximum atomic E-state index is 12.9. The number of nitrogens with one attached hydrogen (secondary N) is 2. The summed E-state index contributed by atoms with van der Waals surface area (Å²) in [7, 11) is 1.56. The van der Waals surface area contributed by atoms with Crippen LogP contribution in [0.3, 0.4) is 0 Å². The van der Waals surface area contributed by atoms with Gasteiger partial charge < -0.3 is 25.2 Å². The smallest absolute Gasteiger partial charge is 0.407 e. The SMILES string of the molecule is COc1ccccc1C(=O)NCC1(C2=CCCC=C2)CCC(OC(=O)NCCCCO)CC1. The lowest BCUT2D eigenvalue weighted by Crippen LogP contribution is -2.43. The monoisotopic (exact) mass is 456 g/mol. The van der Waals surface area contributed by atoms with Crippen LogP contribution in [0.4, 0.5) is 4.79 Å². The molecule has 3 rings (SSSR count). The summed E-state index contributed by atoms with van der Waals surface area (Å²) >= 11 is 0. The summed E-state index contributed by atoms with van der Waals surface area (Å²) in [6.45, 7) is 1.15. The summed E-state index contributed by atoms with van der Waals surface area (Å²) in [6, 6.07) is 7.23. The van der Waals surface area contributed by atoms with Gasteiger partial charge in [0, 0.05) is 25.1 Å². The molecule has 0 aliphatic heterocycles. The first-order valence-corrected chi connectivity index (χ1v) is 11.9. The lowest BCUT2D eigenvalue weighted by Gasteiger charge is -2.42. The number of hydrogen-bond acceptors (Lipinski definition) is 5. The summed E-state index contributed by atoms with van der Waals surface area (Å²) in [5.41, 5.74) is 1.62. The van der Waals surface area contributed by atoms with Crippen LogP contribution >= 0.6 is 0 Å². The first-order valence-electron chi connectivity index (χ1n) is 11.9. The van der Waals surface area contributed by atoms with E-state index in [2.05, 4.69) is 28.9 Å². The Hall–Kier alpha value is -2.80. The second-order valence-corrected chi connectivity index (χ2v) is 8.76. The Kier molecular flexibility index (Phi) is 9.36. The Labute approximate surface area is 196 Å². The second kappa shape index (κ2) is 12.4. The molecule has 1 fully saturated rings. The highest BCUT2D eigenvalue weighted by atomic mass is 16.6. The van der Waals surface area contributed by atoms with Crippen LogP contribution < -0.4 is 15.4 Å². The average molecular weight is 457 g/mol. The van der Waals surface area contributed by atoms with Crippen LogP contribution in [0.1, 0.15) is 61.7 Å². The number of carbonyl (C=O) groups is 2. The zero-order valence-electron chi connectivity index (χ0n) is 19.5. The van der Waals surface area contributed by atoms with Crippen molar-refractivity contribution < 1.29 is 24.2 Å². The van der Waals surface area contributed by atoms with E-state index in [1.54, 1.807) is 19.2 Å². The third-order valence-corrected chi connectivity index (χ3v) is 6.56. The lowest BCUT2D eigenvalue weighted by atomic mass is 9.67. The predicted octanol–water partition coefficient (Wildman–Crippen LogP) is 4.13. The van der Waals surface area contributed by atoms with Gasteiger partial charge in [-0.1, -0.05) is 30.4 Å². The number of unbranched alkanes of at least 4 members (excludes halogenated alkanes) is 1. The molecule has 1 saturated carbocycles. The summed E-state index contributed by atoms with van der Waals surface area (Å²) < 4.78 is 11.0. The standard InChI is InChI=1S/C26H36N2O5/c1-32-23-12-6-5-11-22(23)24(30)28-19-26(20-9-3-2-4-10-20)15-13-21(14-16-26)33-25(31)27-17-7-8-18-29/h3,5-6,9-12,21,29H,2,4,7-8,13-19H2,1H3,(H,27,31)(H,28,30). The number of methoxy groups -OCH3 is 1. The molecule has 0 spiro atoms. The Morgan fingerprint density at radius 3 is 2.61 bits per heavy atom. The van der Waals surface area contributed by atoms with Crippen molar-refractivity contribution in [3.8, 4) is 5.75 Å². The number of rotatable bonds is 10. The van der Waals surface area contributed by atoms with E-state index in [-0.39, 0.29) is 24.0 Å². The van der Waals surface area contributed by atoms with Gasteiger partial charge >= 0.3 is 6.09 Å². The largest absolute Gasteiger partial charge is 0.496 e. The van der Waals surface area contributed by atoms with Gasteiger partial charge in [-0.2, -0.15) is 0 Å². The highest BCUT2D eigenvalue weighted by Gasteiger charge is 2.39. The van der Waals surface area contributed by atoms with Gasteiger partial charge in [0.15, 0.2) is 0 Å². The minimum Gasteiger partial charge on any atom is -0.496 e. The number of aliphatic hydroxyl groups excluding tert-OH is 1. The van der Waals surface area contributed by atoms with E-state index >= 15 is 0 Å². The fourth-order valence-corrected chi connectivity index (χ4v) is 4.63. The van der Waals surface area contributed by atoms with E-state index in [4.69, 9.17) is 14.6 Å². The van der Waals surface area contributed by atoms with E-state index in [1.165, 1.54) is 5.57 Å². The number of benzene rings is 1. The van der Waals surface area contributed by atoms with Gasteiger partial charge in [0.05, 0.1) is 12.7 Å². The molecule has 0 saturated heterocycles. The minimum atomic E-state index is -0.397. The molecular weight excluding hydrogens is 420 g/mol. The number of amides is 2. The highest BCUT2D eigenvalue weighted by Crippen LogP contribution is 2.44. The van der Waals surface area contributed by atoms with Crippen molar-refractivity contribution in [1.29, 1.82) is 0 Å². The summed E-state index contributed by atoms with van der Waals surface area (Å²) in [5.74, 6) is 0.413. The minimum absolute atomic E-state index is 0.124. The second-order valence-electron chi connectivity index (χ2n) is 8.76. The van der Waals surface area contributed by atoms with E-state index < -0.39 is 6.09 Å². The molecule has 0 bridgehead atoms. The van der Waals surface area contributed by atoms with Crippen LogP contribution in [0, 0.1) is 5.41 Å². The molecular formula is C26H36N2O5. The number of allylic oxidation sites excluding steroid dienone is 3. The zero-order valence-corrected chi connectivity index (χ0v) is 19.5. The van der Waals surface area contributed by atoms with Crippen LogP contribution in [-0.4, -0.2) is 50.0 Å². The first-order chi connectivity index (χ1) is 16.1. The normalized spacial score (nSPS) is 22.2. The fraction of sp³-hybridized carbons (Fsp3) is 0.538. The Morgan fingerprint density at radius 2 is 1.91 bits per heavy atom. The molecule has 2 aliphatic rings. The van der Waals surface area contributed by atoms with Crippen LogP contribution in [0.2, 0.25) is 0 Å². The van der Waals surface area contributed by atoms with E-state index in [0.717, 1.165) is 44.9 Å². The molecule has 0 unspecified atom stereocenters. The number of alkyl carbamates (subject to hydrolysis) is 1. The van der Waals surface area contributed by atoms with E-state index in [9.17, 15) is 9.59 Å². The molecule has 33 heavy (non-hydrogen) atoms. The van der Waals surface area contributed by atoms with E-state index in [0.29, 0.717) is 30.8 Å². The van der Waals surface area contributed by atoms with Crippen LogP contribution in [0.5, 0.6) is 5.75 Å². The van der Waals surface area contributed by atoms with E-state index in [1.807, 2.05) is 12.1 Å². The molecule has 1 aromatic carbocycles. The van der Waals surface area contributed by atoms with Gasteiger partial charge in [0.25, 0.3) is 5.91 Å². The predicted molar refractivity (Wildman–Crippen MR) is 127 cm³/mol. The van der Waals surface area contributed by atoms with Gasteiger partial charge in [-0.05, 0) is 69.1 Å². The molecule has 0 heterocycles. The summed E-state index contributed by atoms with van der Waals surface area (Å²) in [4.78, 5) is 25.0. The number of para-hydroxylation sites is 1. The number of aliphatic hydroxyl groups is 1. The summed E-state index contributed by atoms with van der Waals surface area (Å²) in [6.07, 6.45) is 12.7. The molecule has 2 amide bonds. The first kappa shape index (κ1) is 24.8. The molecule has 180 valence electrons. The maximum Gasteiger partial charge on any atom is 0.407 e. The lowest BCUT2D eigenvalue weighted by molar-refractivity contribution is 0.0481. The number of ether oxygens (including phenoxy) is 2. The Bertz CT molecular complexity index is 856. The van der Waals surface area contributed by atoms with Crippen molar-refractivity contribution >= 4 is 12.0 Å². The molecule has 0 aromatic heterocycles. The van der Waals surface area contributed by atoms with Gasteiger partial charge in [0.2, 0.25) is 0 Å². The topological polar surface area (TPSA) is 96.9 Å². The zero-order chi connectivity index (χ0) is 23.5. The Balaban J connectivity index is 1.61. The quantitative estimate of drug-likeness (QED) is 0.460. The van der Waals surface area contributed by atoms with Crippen molar-refractivity contribution in [2.24, 2.45) is 5.41 Å². The van der Waals surface area contributed by atoms with Crippen molar-refractivity contribution in [3.63, 3.8) is 0 Å². The van der Waals surface area contributed by atoms with Gasteiger partial charge in [-0.3, -0.25) is 4.79 Å². The van der Waals surface area contributed by atoms with Crippen LogP contribution in [-0.2, 0) is 4.74 Å². The number of hydrogen-bond donors (Lipinski definition) is 3. The van der Waals surface area contributed by atoms with Crippen molar-refractivity contribution in [2.75, 3.05) is 26.8 Å². The van der Waals surface area contributed by atoms with Crippen LogP contribution in [0.25, 0.3) is 0 Å². The molecule has 3 N–H and O–H groups in total. The average Bonchev–Trinajstić information content (AvgIpc) is 2.86. The van der Waals surface area contributed by atoms with Crippen molar-refractivity contribution in [3.05, 3.63) is 53.6 Å². The third kappa shape index (κ3) is 6.84. The van der Waals surface area contributed by atoms with Crippen molar-refractivity contribution in [2.45, 2.75) is 57.5 Å². The maximum absolute atomic E-state index is 12.9. The molecule has 0 radical (unpaired) electrons. The molecule has 1 aromatic rings. The summed E-state index contributed by atoms with van der Waals surface area (Å²) in [5, 5.41) is 14.7. The molecule has 7 nitrogen and oxygen atoms in total. The molecule has 7 heteroatoms. The molecule has 2 aliphatic carbocycles. The molecule has 0 atom stereocenters. The highest BCUT2D eigenvalue weighted by molar-refractivity contribution is 5.96. The Morgan fingerprint density at radius 1 is 1.12 bits per heavy atom. The number of carbonyl (C=O) groups excluding carboxylic acids is 2. The third-order valence-electron chi connectivity index (χ3n) is 6.56. The fourth-order valence-electron chi connectivity index (χ4n) is 4.63. The van der Waals surface area contributed by atoms with Crippen LogP contribution in [0.15, 0.2) is 48.1 Å².